The minimum absolute atomic E-state index is 0.147. The van der Waals surface area contributed by atoms with Gasteiger partial charge in [-0.25, -0.2) is 9.36 Å². The number of hydrogen-bond acceptors (Lipinski definition) is 3. The third-order valence-corrected chi connectivity index (χ3v) is 2.54. The lowest BCUT2D eigenvalue weighted by molar-refractivity contribution is 0.0915. The molecule has 0 amide bonds. The molecule has 1 aromatic carbocycles. The van der Waals surface area contributed by atoms with Gasteiger partial charge in [-0.3, -0.25) is 9.36 Å². The Hall–Kier alpha value is -1.88. The largest absolute Gasteiger partial charge is 0.335 e. The van der Waals surface area contributed by atoms with E-state index in [1.807, 2.05) is 18.2 Å². The van der Waals surface area contributed by atoms with Gasteiger partial charge in [0.1, 0.15) is 0 Å². The second kappa shape index (κ2) is 3.94. The maximum atomic E-state index is 11.9. The molecule has 5 nitrogen and oxygen atoms in total. The van der Waals surface area contributed by atoms with Crippen molar-refractivity contribution in [2.75, 3.05) is 13.6 Å². The smallest absolute Gasteiger partial charge is 0.311 e. The summed E-state index contributed by atoms with van der Waals surface area (Å²) in [6, 6.07) is 7.24. The Balaban J connectivity index is 2.74. The van der Waals surface area contributed by atoms with Crippen molar-refractivity contribution in [1.82, 2.24) is 14.5 Å². The lowest BCUT2D eigenvalue weighted by Gasteiger charge is -2.00. The molecular formula is C11H13N3O2. The molecule has 0 bridgehead atoms. The Labute approximate surface area is 92.3 Å². The van der Waals surface area contributed by atoms with Gasteiger partial charge in [-0.05, 0) is 19.2 Å². The Morgan fingerprint density at radius 2 is 1.94 bits per heavy atom. The first kappa shape index (κ1) is 10.6. The average Bonchev–Trinajstić information content (AvgIpc) is 2.53. The zero-order chi connectivity index (χ0) is 11.7. The molecule has 16 heavy (non-hydrogen) atoms. The standard InChI is InChI=1S/C11H13N3O2/c1-12-7-10(15)14-9-6-4-3-5-8(9)13(2)11(14)16/h3-6,12H,7H2,1-2H3. The number of nitrogens with zero attached hydrogens (tertiary/aromatic N) is 2. The highest BCUT2D eigenvalue weighted by atomic mass is 16.2. The van der Waals surface area contributed by atoms with E-state index in [2.05, 4.69) is 5.32 Å². The van der Waals surface area contributed by atoms with Gasteiger partial charge in [-0.2, -0.15) is 0 Å². The van der Waals surface area contributed by atoms with Gasteiger partial charge in [-0.15, -0.1) is 0 Å². The number of likely N-dealkylation sites (N-methyl/N-ethyl adjacent to an activating group) is 1. The fraction of sp³-hybridized carbons (Fsp3) is 0.273. The molecule has 0 fully saturated rings. The van der Waals surface area contributed by atoms with Crippen LogP contribution in [0.3, 0.4) is 0 Å². The van der Waals surface area contributed by atoms with Crippen molar-refractivity contribution >= 4 is 16.9 Å². The summed E-state index contributed by atoms with van der Waals surface area (Å²) in [6.45, 7) is 0.147. The third kappa shape index (κ3) is 1.45. The van der Waals surface area contributed by atoms with Gasteiger partial charge in [0, 0.05) is 7.05 Å². The Kier molecular flexibility index (Phi) is 2.62. The van der Waals surface area contributed by atoms with E-state index in [0.29, 0.717) is 5.52 Å². The van der Waals surface area contributed by atoms with Crippen LogP contribution in [0.2, 0.25) is 0 Å². The molecule has 1 aromatic heterocycles. The summed E-state index contributed by atoms with van der Waals surface area (Å²) in [5.74, 6) is -0.246. The molecule has 2 rings (SSSR count). The van der Waals surface area contributed by atoms with Crippen LogP contribution in [0.1, 0.15) is 4.79 Å². The molecule has 0 aliphatic heterocycles. The van der Waals surface area contributed by atoms with Crippen LogP contribution in [0, 0.1) is 0 Å². The highest BCUT2D eigenvalue weighted by molar-refractivity contribution is 5.91. The van der Waals surface area contributed by atoms with Crippen LogP contribution in [0.15, 0.2) is 29.1 Å². The summed E-state index contributed by atoms with van der Waals surface area (Å²) in [7, 11) is 3.34. The zero-order valence-electron chi connectivity index (χ0n) is 9.23. The van der Waals surface area contributed by atoms with Crippen LogP contribution in [0.25, 0.3) is 11.0 Å². The van der Waals surface area contributed by atoms with Gasteiger partial charge in [0.25, 0.3) is 0 Å². The number of hydrogen-bond donors (Lipinski definition) is 1. The molecule has 0 saturated carbocycles. The maximum Gasteiger partial charge on any atom is 0.335 e. The molecule has 2 aromatic rings. The number of nitrogens with one attached hydrogen (secondary N) is 1. The number of carbonyl (C=O) groups is 1. The van der Waals surface area contributed by atoms with E-state index < -0.39 is 0 Å². The van der Waals surface area contributed by atoms with Crippen LogP contribution < -0.4 is 11.0 Å². The summed E-state index contributed by atoms with van der Waals surface area (Å²) in [4.78, 5) is 23.7. The van der Waals surface area contributed by atoms with E-state index >= 15 is 0 Å². The summed E-state index contributed by atoms with van der Waals surface area (Å²) >= 11 is 0. The molecule has 84 valence electrons. The van der Waals surface area contributed by atoms with Crippen LogP contribution in [-0.2, 0) is 7.05 Å². The summed E-state index contributed by atoms with van der Waals surface area (Å²) in [6.07, 6.45) is 0. The maximum absolute atomic E-state index is 11.9. The number of aromatic nitrogens is 2. The number of carbonyl (C=O) groups excluding carboxylic acids is 1. The van der Waals surface area contributed by atoms with Crippen molar-refractivity contribution in [2.45, 2.75) is 0 Å². The highest BCUT2D eigenvalue weighted by Gasteiger charge is 2.14. The third-order valence-electron chi connectivity index (χ3n) is 2.54. The van der Waals surface area contributed by atoms with Gasteiger partial charge in [0.2, 0.25) is 5.91 Å². The summed E-state index contributed by atoms with van der Waals surface area (Å²) in [5, 5.41) is 2.75. The molecule has 0 aliphatic carbocycles. The SMILES string of the molecule is CNCC(=O)n1c(=O)n(C)c2ccccc21. The highest BCUT2D eigenvalue weighted by Crippen LogP contribution is 2.10. The van der Waals surface area contributed by atoms with Gasteiger partial charge in [0.05, 0.1) is 17.6 Å². The monoisotopic (exact) mass is 219 g/mol. The van der Waals surface area contributed by atoms with E-state index in [-0.39, 0.29) is 18.1 Å². The number of para-hydroxylation sites is 2. The predicted octanol–water partition coefficient (Wildman–Crippen LogP) is 0.200. The topological polar surface area (TPSA) is 56.0 Å². The van der Waals surface area contributed by atoms with Gasteiger partial charge >= 0.3 is 5.69 Å². The van der Waals surface area contributed by atoms with Crippen molar-refractivity contribution in [3.8, 4) is 0 Å². The number of rotatable bonds is 2. The predicted molar refractivity (Wildman–Crippen MR) is 61.7 cm³/mol. The number of fused-ring (bicyclic) bond motifs is 1. The first-order valence-corrected chi connectivity index (χ1v) is 5.01. The van der Waals surface area contributed by atoms with Crippen LogP contribution in [-0.4, -0.2) is 28.6 Å². The van der Waals surface area contributed by atoms with Crippen molar-refractivity contribution in [2.24, 2.45) is 7.05 Å². The fourth-order valence-electron chi connectivity index (χ4n) is 1.76. The lowest BCUT2D eigenvalue weighted by atomic mass is 10.3. The molecule has 1 heterocycles. The first-order valence-electron chi connectivity index (χ1n) is 5.01. The van der Waals surface area contributed by atoms with Crippen LogP contribution in [0.4, 0.5) is 0 Å². The van der Waals surface area contributed by atoms with Gasteiger partial charge < -0.3 is 5.32 Å². The van der Waals surface area contributed by atoms with Crippen molar-refractivity contribution < 1.29 is 4.79 Å². The molecule has 0 atom stereocenters. The molecular weight excluding hydrogens is 206 g/mol. The molecule has 5 heteroatoms. The summed E-state index contributed by atoms with van der Waals surface area (Å²) < 4.78 is 2.68. The Morgan fingerprint density at radius 3 is 2.56 bits per heavy atom. The van der Waals surface area contributed by atoms with E-state index in [0.717, 1.165) is 5.52 Å². The minimum atomic E-state index is -0.304. The lowest BCUT2D eigenvalue weighted by Crippen LogP contribution is -2.33. The molecule has 0 spiro atoms. The Bertz CT molecular complexity index is 595. The van der Waals surface area contributed by atoms with Crippen molar-refractivity contribution in [3.63, 3.8) is 0 Å². The fourth-order valence-corrected chi connectivity index (χ4v) is 1.76. The second-order valence-electron chi connectivity index (χ2n) is 3.59. The van der Waals surface area contributed by atoms with E-state index in [9.17, 15) is 9.59 Å². The average molecular weight is 219 g/mol. The van der Waals surface area contributed by atoms with Crippen LogP contribution >= 0.6 is 0 Å². The number of aryl methyl sites for hydroxylation is 1. The summed E-state index contributed by atoms with van der Waals surface area (Å²) in [5.41, 5.74) is 1.11. The minimum Gasteiger partial charge on any atom is -0.311 e. The molecule has 0 radical (unpaired) electrons. The molecule has 0 aliphatic rings. The van der Waals surface area contributed by atoms with Crippen molar-refractivity contribution in [1.29, 1.82) is 0 Å². The zero-order valence-corrected chi connectivity index (χ0v) is 9.23. The van der Waals surface area contributed by atoms with E-state index in [1.165, 1.54) is 9.13 Å². The second-order valence-corrected chi connectivity index (χ2v) is 3.59. The first-order chi connectivity index (χ1) is 7.66. The Morgan fingerprint density at radius 1 is 1.31 bits per heavy atom. The van der Waals surface area contributed by atoms with E-state index in [4.69, 9.17) is 0 Å². The van der Waals surface area contributed by atoms with E-state index in [1.54, 1.807) is 20.2 Å². The quantitative estimate of drug-likeness (QED) is 0.785. The molecule has 1 N–H and O–H groups in total. The normalized spacial score (nSPS) is 10.9. The molecule has 0 saturated heterocycles. The molecule has 0 unspecified atom stereocenters. The van der Waals surface area contributed by atoms with Gasteiger partial charge in [-0.1, -0.05) is 12.1 Å². The number of imidazole rings is 1. The van der Waals surface area contributed by atoms with Crippen molar-refractivity contribution in [3.05, 3.63) is 34.7 Å². The van der Waals surface area contributed by atoms with Gasteiger partial charge in [0.15, 0.2) is 0 Å². The number of benzene rings is 1. The van der Waals surface area contributed by atoms with Crippen LogP contribution in [0.5, 0.6) is 0 Å².